The van der Waals surface area contributed by atoms with E-state index in [9.17, 15) is 4.79 Å². The maximum Gasteiger partial charge on any atom is 0.330 e. The maximum absolute atomic E-state index is 10.8. The molecule has 0 aliphatic carbocycles. The molecule has 0 spiro atoms. The summed E-state index contributed by atoms with van der Waals surface area (Å²) in [6.07, 6.45) is 16.6. The van der Waals surface area contributed by atoms with Crippen molar-refractivity contribution in [2.24, 2.45) is 0 Å². The summed E-state index contributed by atoms with van der Waals surface area (Å²) >= 11 is 0. The quantitative estimate of drug-likeness (QED) is 0.204. The van der Waals surface area contributed by atoms with Crippen LogP contribution >= 0.6 is 0 Å². The molecule has 0 N–H and O–H groups in total. The van der Waals surface area contributed by atoms with Gasteiger partial charge >= 0.3 is 5.97 Å². The van der Waals surface area contributed by atoms with Crippen molar-refractivity contribution in [3.8, 4) is 0 Å². The number of esters is 1. The molecule has 0 aliphatic rings. The fraction of sp³-hybridized carbons (Fsp3) is 0.842. The Balaban J connectivity index is 2.99. The van der Waals surface area contributed by atoms with E-state index < -0.39 is 0 Å². The number of hydrogen-bond acceptors (Lipinski definition) is 3. The number of rotatable bonds is 17. The largest absolute Gasteiger partial charge is 0.463 e. The van der Waals surface area contributed by atoms with Crippen molar-refractivity contribution in [1.82, 2.24) is 0 Å². The highest BCUT2D eigenvalue weighted by molar-refractivity contribution is 5.81. The van der Waals surface area contributed by atoms with Crippen molar-refractivity contribution < 1.29 is 14.3 Å². The SMILES string of the molecule is C=CC(=O)OCCCCCCCCCCCCCCOCC. The molecule has 0 aliphatic heterocycles. The summed E-state index contributed by atoms with van der Waals surface area (Å²) in [6.45, 7) is 7.74. The van der Waals surface area contributed by atoms with E-state index in [2.05, 4.69) is 13.5 Å². The van der Waals surface area contributed by atoms with Crippen LogP contribution in [-0.4, -0.2) is 25.8 Å². The molecule has 0 saturated heterocycles. The van der Waals surface area contributed by atoms with E-state index >= 15 is 0 Å². The summed E-state index contributed by atoms with van der Waals surface area (Å²) in [5.74, 6) is -0.308. The van der Waals surface area contributed by atoms with Gasteiger partial charge in [0.05, 0.1) is 6.61 Å². The second kappa shape index (κ2) is 18.2. The third-order valence-corrected chi connectivity index (χ3v) is 3.80. The van der Waals surface area contributed by atoms with Gasteiger partial charge in [-0.3, -0.25) is 0 Å². The van der Waals surface area contributed by atoms with Crippen LogP contribution in [0, 0.1) is 0 Å². The first-order chi connectivity index (χ1) is 10.8. The Hall–Kier alpha value is -0.830. The zero-order valence-electron chi connectivity index (χ0n) is 14.6. The van der Waals surface area contributed by atoms with Gasteiger partial charge in [-0.2, -0.15) is 0 Å². The van der Waals surface area contributed by atoms with Gasteiger partial charge in [0.25, 0.3) is 0 Å². The molecule has 0 saturated carbocycles. The number of ether oxygens (including phenoxy) is 2. The second-order valence-corrected chi connectivity index (χ2v) is 5.81. The molecular formula is C19H36O3. The molecule has 0 fully saturated rings. The van der Waals surface area contributed by atoms with E-state index in [1.807, 2.05) is 0 Å². The van der Waals surface area contributed by atoms with Crippen molar-refractivity contribution in [1.29, 1.82) is 0 Å². The lowest BCUT2D eigenvalue weighted by Gasteiger charge is -2.04. The molecule has 3 nitrogen and oxygen atoms in total. The highest BCUT2D eigenvalue weighted by atomic mass is 16.5. The molecular weight excluding hydrogens is 276 g/mol. The average molecular weight is 312 g/mol. The first kappa shape index (κ1) is 21.2. The van der Waals surface area contributed by atoms with E-state index in [-0.39, 0.29) is 5.97 Å². The Morgan fingerprint density at radius 2 is 1.18 bits per heavy atom. The van der Waals surface area contributed by atoms with Gasteiger partial charge < -0.3 is 9.47 Å². The number of hydrogen-bond donors (Lipinski definition) is 0. The van der Waals surface area contributed by atoms with Gasteiger partial charge in [0.15, 0.2) is 0 Å². The van der Waals surface area contributed by atoms with Gasteiger partial charge in [-0.1, -0.05) is 70.8 Å². The zero-order valence-corrected chi connectivity index (χ0v) is 14.6. The second-order valence-electron chi connectivity index (χ2n) is 5.81. The number of carbonyl (C=O) groups excluding carboxylic acids is 1. The minimum Gasteiger partial charge on any atom is -0.463 e. The van der Waals surface area contributed by atoms with E-state index in [4.69, 9.17) is 9.47 Å². The van der Waals surface area contributed by atoms with Crippen molar-refractivity contribution in [2.45, 2.75) is 84.0 Å². The molecule has 0 aromatic rings. The van der Waals surface area contributed by atoms with Crippen LogP contribution < -0.4 is 0 Å². The summed E-state index contributed by atoms with van der Waals surface area (Å²) in [7, 11) is 0. The molecule has 0 unspecified atom stereocenters. The summed E-state index contributed by atoms with van der Waals surface area (Å²) in [5, 5.41) is 0. The molecule has 0 aromatic carbocycles. The van der Waals surface area contributed by atoms with Crippen LogP contribution in [0.3, 0.4) is 0 Å². The Morgan fingerprint density at radius 1 is 0.773 bits per heavy atom. The smallest absolute Gasteiger partial charge is 0.330 e. The number of carbonyl (C=O) groups is 1. The molecule has 0 rings (SSSR count). The van der Waals surface area contributed by atoms with Crippen LogP contribution in [0.4, 0.5) is 0 Å². The average Bonchev–Trinajstić information content (AvgIpc) is 2.54. The summed E-state index contributed by atoms with van der Waals surface area (Å²) in [6, 6.07) is 0. The zero-order chi connectivity index (χ0) is 16.3. The Bertz CT molecular complexity index is 251. The lowest BCUT2D eigenvalue weighted by Crippen LogP contribution is -2.01. The summed E-state index contributed by atoms with van der Waals surface area (Å²) < 4.78 is 10.3. The maximum atomic E-state index is 10.8. The van der Waals surface area contributed by atoms with Crippen molar-refractivity contribution in [3.05, 3.63) is 12.7 Å². The minimum atomic E-state index is -0.308. The predicted octanol–water partition coefficient (Wildman–Crippen LogP) is 5.43. The lowest BCUT2D eigenvalue weighted by molar-refractivity contribution is -0.137. The predicted molar refractivity (Wildman–Crippen MR) is 93.1 cm³/mol. The van der Waals surface area contributed by atoms with Gasteiger partial charge in [-0.05, 0) is 19.8 Å². The van der Waals surface area contributed by atoms with Crippen molar-refractivity contribution >= 4 is 5.97 Å². The van der Waals surface area contributed by atoms with E-state index in [1.54, 1.807) is 0 Å². The highest BCUT2D eigenvalue weighted by Gasteiger charge is 1.96. The van der Waals surface area contributed by atoms with Crippen LogP contribution in [0.5, 0.6) is 0 Å². The third-order valence-electron chi connectivity index (χ3n) is 3.80. The Kier molecular flexibility index (Phi) is 17.5. The van der Waals surface area contributed by atoms with Crippen molar-refractivity contribution in [3.63, 3.8) is 0 Å². The fourth-order valence-electron chi connectivity index (χ4n) is 2.45. The first-order valence-electron chi connectivity index (χ1n) is 9.18. The normalized spacial score (nSPS) is 10.6. The molecule has 0 radical (unpaired) electrons. The van der Waals surface area contributed by atoms with Gasteiger partial charge in [0.2, 0.25) is 0 Å². The molecule has 0 bridgehead atoms. The number of unbranched alkanes of at least 4 members (excludes halogenated alkanes) is 11. The van der Waals surface area contributed by atoms with Crippen LogP contribution in [0.1, 0.15) is 84.0 Å². The van der Waals surface area contributed by atoms with Crippen LogP contribution in [0.2, 0.25) is 0 Å². The van der Waals surface area contributed by atoms with Gasteiger partial charge in [0.1, 0.15) is 0 Å². The Labute approximate surface area is 137 Å². The molecule has 0 amide bonds. The summed E-state index contributed by atoms with van der Waals surface area (Å²) in [4.78, 5) is 10.8. The van der Waals surface area contributed by atoms with Crippen molar-refractivity contribution in [2.75, 3.05) is 19.8 Å². The monoisotopic (exact) mass is 312 g/mol. The highest BCUT2D eigenvalue weighted by Crippen LogP contribution is 2.12. The standard InChI is InChI=1S/C19H36O3/c1-3-19(20)22-18-16-14-12-10-8-6-5-7-9-11-13-15-17-21-4-2/h3H,1,4-18H2,2H3. The lowest BCUT2D eigenvalue weighted by atomic mass is 10.1. The third kappa shape index (κ3) is 17.2. The van der Waals surface area contributed by atoms with E-state index in [1.165, 1.54) is 70.3 Å². The summed E-state index contributed by atoms with van der Waals surface area (Å²) in [5.41, 5.74) is 0. The minimum absolute atomic E-state index is 0.308. The van der Waals surface area contributed by atoms with E-state index in [0.29, 0.717) is 6.61 Å². The first-order valence-corrected chi connectivity index (χ1v) is 9.18. The molecule has 3 heteroatoms. The fourth-order valence-corrected chi connectivity index (χ4v) is 2.45. The van der Waals surface area contributed by atoms with Crippen LogP contribution in [0.15, 0.2) is 12.7 Å². The molecule has 0 heterocycles. The van der Waals surface area contributed by atoms with Crippen LogP contribution in [-0.2, 0) is 14.3 Å². The van der Waals surface area contributed by atoms with Crippen LogP contribution in [0.25, 0.3) is 0 Å². The molecule has 130 valence electrons. The Morgan fingerprint density at radius 3 is 1.59 bits per heavy atom. The topological polar surface area (TPSA) is 35.5 Å². The molecule has 0 atom stereocenters. The molecule has 22 heavy (non-hydrogen) atoms. The molecule has 0 aromatic heterocycles. The van der Waals surface area contributed by atoms with Gasteiger partial charge in [-0.25, -0.2) is 4.79 Å². The van der Waals surface area contributed by atoms with Gasteiger partial charge in [0, 0.05) is 19.3 Å². The van der Waals surface area contributed by atoms with Gasteiger partial charge in [-0.15, -0.1) is 0 Å². The van der Waals surface area contributed by atoms with E-state index in [0.717, 1.165) is 26.1 Å².